The van der Waals surface area contributed by atoms with E-state index in [-0.39, 0.29) is 37.0 Å². The van der Waals surface area contributed by atoms with Crippen molar-refractivity contribution in [1.29, 1.82) is 0 Å². The third-order valence-electron chi connectivity index (χ3n) is 3.91. The first-order chi connectivity index (χ1) is 11.3. The third kappa shape index (κ3) is 6.94. The van der Waals surface area contributed by atoms with Gasteiger partial charge in [-0.15, -0.1) is 0 Å². The van der Waals surface area contributed by atoms with Crippen LogP contribution in [0.5, 0.6) is 0 Å². The van der Waals surface area contributed by atoms with Gasteiger partial charge in [0, 0.05) is 24.9 Å². The van der Waals surface area contributed by atoms with Gasteiger partial charge in [0.25, 0.3) is 0 Å². The van der Waals surface area contributed by atoms with E-state index in [2.05, 4.69) is 5.32 Å². The lowest BCUT2D eigenvalue weighted by atomic mass is 9.97. The maximum atomic E-state index is 12.1. The molecule has 0 saturated heterocycles. The Hall–Kier alpha value is -2.17. The van der Waals surface area contributed by atoms with Crippen LogP contribution in [0.1, 0.15) is 56.0 Å². The highest BCUT2D eigenvalue weighted by atomic mass is 16.4. The minimum atomic E-state index is -0.906. The molecule has 132 valence electrons. The van der Waals surface area contributed by atoms with Gasteiger partial charge in [-0.05, 0) is 24.3 Å². The summed E-state index contributed by atoms with van der Waals surface area (Å²) in [6, 6.07) is 7.39. The van der Waals surface area contributed by atoms with Gasteiger partial charge in [-0.2, -0.15) is 0 Å². The fourth-order valence-electron chi connectivity index (χ4n) is 2.46. The van der Waals surface area contributed by atoms with Gasteiger partial charge in [0.2, 0.25) is 5.91 Å². The molecule has 0 aliphatic heterocycles. The summed E-state index contributed by atoms with van der Waals surface area (Å²) in [6.07, 6.45) is 1.62. The summed E-state index contributed by atoms with van der Waals surface area (Å²) in [5.41, 5.74) is 1.76. The summed E-state index contributed by atoms with van der Waals surface area (Å²) in [4.78, 5) is 35.0. The first kappa shape index (κ1) is 19.9. The highest BCUT2D eigenvalue weighted by Gasteiger charge is 2.19. The van der Waals surface area contributed by atoms with Crippen LogP contribution in [-0.2, 0) is 16.0 Å². The number of benzene rings is 1. The van der Waals surface area contributed by atoms with Crippen molar-refractivity contribution < 1.29 is 19.5 Å². The quantitative estimate of drug-likeness (QED) is 0.645. The second-order valence-electron chi connectivity index (χ2n) is 6.44. The smallest absolute Gasteiger partial charge is 0.308 e. The number of rotatable bonds is 10. The number of Topliss-reactive ketones (excluding diaryl/α,β-unsaturated/α-hetero) is 1. The zero-order chi connectivity index (χ0) is 18.1. The topological polar surface area (TPSA) is 83.5 Å². The molecular formula is C19H27NO4. The number of nitrogens with one attached hydrogen (secondary N) is 1. The number of carbonyl (C=O) groups excluding carboxylic acids is 2. The third-order valence-corrected chi connectivity index (χ3v) is 3.91. The minimum absolute atomic E-state index is 0.0718. The molecule has 2 N–H and O–H groups in total. The van der Waals surface area contributed by atoms with E-state index in [9.17, 15) is 14.4 Å². The molecule has 0 saturated carbocycles. The number of hydrogen-bond donors (Lipinski definition) is 2. The molecule has 1 atom stereocenters. The molecule has 5 heteroatoms. The Morgan fingerprint density at radius 2 is 1.71 bits per heavy atom. The van der Waals surface area contributed by atoms with E-state index in [0.29, 0.717) is 12.0 Å². The zero-order valence-corrected chi connectivity index (χ0v) is 14.7. The van der Waals surface area contributed by atoms with Gasteiger partial charge in [0.15, 0.2) is 5.78 Å². The fourth-order valence-corrected chi connectivity index (χ4v) is 2.46. The van der Waals surface area contributed by atoms with Crippen molar-refractivity contribution in [3.05, 3.63) is 35.4 Å². The van der Waals surface area contributed by atoms with Crippen LogP contribution < -0.4 is 5.32 Å². The van der Waals surface area contributed by atoms with Crippen molar-refractivity contribution >= 4 is 17.7 Å². The van der Waals surface area contributed by atoms with E-state index < -0.39 is 11.9 Å². The molecule has 0 aliphatic rings. The van der Waals surface area contributed by atoms with Crippen LogP contribution in [0.3, 0.4) is 0 Å². The number of aryl methyl sites for hydroxylation is 1. The number of carboxylic acids is 1. The normalized spacial score (nSPS) is 12.0. The molecule has 1 aromatic rings. The highest BCUT2D eigenvalue weighted by molar-refractivity contribution is 5.98. The van der Waals surface area contributed by atoms with Crippen LogP contribution in [0.15, 0.2) is 24.3 Å². The Kier molecular flexibility index (Phi) is 8.16. The van der Waals surface area contributed by atoms with Crippen LogP contribution in [0.4, 0.5) is 0 Å². The van der Waals surface area contributed by atoms with Crippen molar-refractivity contribution in [3.63, 3.8) is 0 Å². The second-order valence-corrected chi connectivity index (χ2v) is 6.44. The summed E-state index contributed by atoms with van der Waals surface area (Å²) in [7, 11) is 0. The molecule has 1 rings (SSSR count). The number of hydrogen-bond acceptors (Lipinski definition) is 3. The largest absolute Gasteiger partial charge is 0.481 e. The highest BCUT2D eigenvalue weighted by Crippen LogP contribution is 2.12. The lowest BCUT2D eigenvalue weighted by Gasteiger charge is -2.15. The fraction of sp³-hybridized carbons (Fsp3) is 0.526. The molecule has 1 amide bonds. The summed E-state index contributed by atoms with van der Waals surface area (Å²) >= 11 is 0. The van der Waals surface area contributed by atoms with Gasteiger partial charge in [0.05, 0.1) is 5.92 Å². The molecule has 0 aromatic heterocycles. The minimum Gasteiger partial charge on any atom is -0.481 e. The van der Waals surface area contributed by atoms with Crippen LogP contribution in [0, 0.1) is 11.8 Å². The average Bonchev–Trinajstić information content (AvgIpc) is 2.55. The molecule has 24 heavy (non-hydrogen) atoms. The summed E-state index contributed by atoms with van der Waals surface area (Å²) < 4.78 is 0. The van der Waals surface area contributed by atoms with Gasteiger partial charge in [0.1, 0.15) is 0 Å². The summed E-state index contributed by atoms with van der Waals surface area (Å²) in [6.45, 7) is 6.04. The lowest BCUT2D eigenvalue weighted by Crippen LogP contribution is -2.33. The van der Waals surface area contributed by atoms with E-state index in [1.54, 1.807) is 12.1 Å². The average molecular weight is 333 g/mol. The van der Waals surface area contributed by atoms with Crippen LogP contribution in [0.25, 0.3) is 0 Å². The van der Waals surface area contributed by atoms with Gasteiger partial charge in [-0.25, -0.2) is 0 Å². The van der Waals surface area contributed by atoms with E-state index in [1.807, 2.05) is 32.9 Å². The first-order valence-corrected chi connectivity index (χ1v) is 8.45. The maximum absolute atomic E-state index is 12.1. The molecule has 1 aromatic carbocycles. The van der Waals surface area contributed by atoms with E-state index in [1.165, 1.54) is 0 Å². The zero-order valence-electron chi connectivity index (χ0n) is 14.7. The standard InChI is InChI=1S/C19H27NO4/c1-4-14-5-7-15(8-6-14)17(21)9-10-18(22)20-12-16(19(23)24)11-13(2)3/h5-8,13,16H,4,9-12H2,1-3H3,(H,20,22)(H,23,24). The molecule has 0 bridgehead atoms. The van der Waals surface area contributed by atoms with E-state index in [0.717, 1.165) is 12.0 Å². The van der Waals surface area contributed by atoms with Crippen LogP contribution >= 0.6 is 0 Å². The molecule has 0 spiro atoms. The van der Waals surface area contributed by atoms with Gasteiger partial charge < -0.3 is 10.4 Å². The monoisotopic (exact) mass is 333 g/mol. The number of aliphatic carboxylic acids is 1. The Morgan fingerprint density at radius 3 is 2.21 bits per heavy atom. The molecule has 0 radical (unpaired) electrons. The first-order valence-electron chi connectivity index (χ1n) is 8.45. The number of carboxylic acid groups (broad SMARTS) is 1. The summed E-state index contributed by atoms with van der Waals surface area (Å²) in [5, 5.41) is 11.8. The predicted molar refractivity (Wildman–Crippen MR) is 93.0 cm³/mol. The van der Waals surface area contributed by atoms with Crippen molar-refractivity contribution in [2.45, 2.75) is 46.5 Å². The van der Waals surface area contributed by atoms with Crippen LogP contribution in [-0.4, -0.2) is 29.3 Å². The Bertz CT molecular complexity index is 563. The van der Waals surface area contributed by atoms with E-state index >= 15 is 0 Å². The number of carbonyl (C=O) groups is 3. The van der Waals surface area contributed by atoms with Crippen molar-refractivity contribution in [2.75, 3.05) is 6.54 Å². The lowest BCUT2D eigenvalue weighted by molar-refractivity contribution is -0.142. The van der Waals surface area contributed by atoms with E-state index in [4.69, 9.17) is 5.11 Å². The summed E-state index contributed by atoms with van der Waals surface area (Å²) in [5.74, 6) is -1.62. The van der Waals surface area contributed by atoms with Crippen molar-refractivity contribution in [2.24, 2.45) is 11.8 Å². The van der Waals surface area contributed by atoms with Crippen LogP contribution in [0.2, 0.25) is 0 Å². The van der Waals surface area contributed by atoms with Crippen molar-refractivity contribution in [3.8, 4) is 0 Å². The molecule has 1 unspecified atom stereocenters. The van der Waals surface area contributed by atoms with Gasteiger partial charge in [-0.3, -0.25) is 14.4 Å². The molecule has 0 fully saturated rings. The Balaban J connectivity index is 2.41. The van der Waals surface area contributed by atoms with Gasteiger partial charge >= 0.3 is 5.97 Å². The molecular weight excluding hydrogens is 306 g/mol. The Morgan fingerprint density at radius 1 is 1.08 bits per heavy atom. The molecule has 0 heterocycles. The van der Waals surface area contributed by atoms with Crippen molar-refractivity contribution in [1.82, 2.24) is 5.32 Å². The Labute approximate surface area is 143 Å². The second kappa shape index (κ2) is 9.85. The SMILES string of the molecule is CCc1ccc(C(=O)CCC(=O)NCC(CC(C)C)C(=O)O)cc1. The molecule has 5 nitrogen and oxygen atoms in total. The maximum Gasteiger partial charge on any atom is 0.308 e. The van der Waals surface area contributed by atoms with Gasteiger partial charge in [-0.1, -0.05) is 45.0 Å². The molecule has 0 aliphatic carbocycles. The number of amides is 1. The number of ketones is 1. The predicted octanol–water partition coefficient (Wildman–Crippen LogP) is 3.08.